The molecule has 0 bridgehead atoms. The molecule has 7 heteroatoms. The maximum atomic E-state index is 12.5. The number of alkyl halides is 2. The van der Waals surface area contributed by atoms with Crippen LogP contribution >= 0.6 is 0 Å². The van der Waals surface area contributed by atoms with E-state index in [-0.39, 0.29) is 18.4 Å². The minimum absolute atomic E-state index is 0.0306. The summed E-state index contributed by atoms with van der Waals surface area (Å²) < 4.78 is 39.3. The van der Waals surface area contributed by atoms with E-state index in [1.807, 2.05) is 25.1 Å². The summed E-state index contributed by atoms with van der Waals surface area (Å²) in [4.78, 5) is 14.3. The van der Waals surface area contributed by atoms with Crippen LogP contribution in [0, 0.1) is 0 Å². The quantitative estimate of drug-likeness (QED) is 0.698. The molecule has 3 rings (SSSR count). The zero-order valence-corrected chi connectivity index (χ0v) is 15.0. The molecular formula is C20H21F2NO4. The zero-order chi connectivity index (χ0) is 19.2. The Bertz CT molecular complexity index is 780. The number of amides is 1. The van der Waals surface area contributed by atoms with E-state index >= 15 is 0 Å². The van der Waals surface area contributed by atoms with Gasteiger partial charge in [-0.3, -0.25) is 4.79 Å². The van der Waals surface area contributed by atoms with Gasteiger partial charge in [0, 0.05) is 19.5 Å². The minimum Gasteiger partial charge on any atom is -0.454 e. The van der Waals surface area contributed by atoms with Gasteiger partial charge < -0.3 is 19.1 Å². The van der Waals surface area contributed by atoms with Gasteiger partial charge in [-0.2, -0.15) is 8.78 Å². The smallest absolute Gasteiger partial charge is 0.387 e. The number of hydrogen-bond acceptors (Lipinski definition) is 4. The van der Waals surface area contributed by atoms with E-state index in [4.69, 9.17) is 9.47 Å². The molecule has 0 unspecified atom stereocenters. The van der Waals surface area contributed by atoms with Crippen LogP contribution in [-0.4, -0.2) is 30.8 Å². The molecule has 0 saturated heterocycles. The highest BCUT2D eigenvalue weighted by atomic mass is 19.3. The van der Waals surface area contributed by atoms with E-state index < -0.39 is 6.61 Å². The van der Waals surface area contributed by atoms with Gasteiger partial charge in [-0.05, 0) is 48.7 Å². The predicted molar refractivity (Wildman–Crippen MR) is 95.1 cm³/mol. The van der Waals surface area contributed by atoms with Crippen molar-refractivity contribution in [2.24, 2.45) is 0 Å². The van der Waals surface area contributed by atoms with E-state index in [0.717, 1.165) is 11.1 Å². The maximum Gasteiger partial charge on any atom is 0.387 e. The number of ether oxygens (including phenoxy) is 3. The van der Waals surface area contributed by atoms with Crippen LogP contribution in [0.4, 0.5) is 8.78 Å². The number of benzene rings is 2. The summed E-state index contributed by atoms with van der Waals surface area (Å²) in [6.07, 6.45) is 0.874. The van der Waals surface area contributed by atoms with Crippen LogP contribution in [-0.2, 0) is 17.8 Å². The molecule has 2 aromatic rings. The predicted octanol–water partition coefficient (Wildman–Crippen LogP) is 4.00. The second-order valence-electron chi connectivity index (χ2n) is 6.12. The fourth-order valence-corrected chi connectivity index (χ4v) is 2.88. The molecule has 0 fully saturated rings. The second-order valence-corrected chi connectivity index (χ2v) is 6.12. The van der Waals surface area contributed by atoms with Crippen LogP contribution in [0.25, 0.3) is 0 Å². The summed E-state index contributed by atoms with van der Waals surface area (Å²) in [6, 6.07) is 12.0. The average Bonchev–Trinajstić information content (AvgIpc) is 3.12. The van der Waals surface area contributed by atoms with Gasteiger partial charge in [-0.15, -0.1) is 0 Å². The summed E-state index contributed by atoms with van der Waals surface area (Å²) >= 11 is 0. The first-order valence-corrected chi connectivity index (χ1v) is 8.75. The lowest BCUT2D eigenvalue weighted by molar-refractivity contribution is -0.131. The lowest BCUT2D eigenvalue weighted by Gasteiger charge is -2.21. The van der Waals surface area contributed by atoms with Crippen molar-refractivity contribution in [3.63, 3.8) is 0 Å². The fraction of sp³-hybridized carbons (Fsp3) is 0.350. The van der Waals surface area contributed by atoms with Crippen LogP contribution < -0.4 is 14.2 Å². The molecule has 0 radical (unpaired) electrons. The monoisotopic (exact) mass is 377 g/mol. The van der Waals surface area contributed by atoms with Crippen molar-refractivity contribution in [1.82, 2.24) is 4.90 Å². The number of aryl methyl sites for hydroxylation is 1. The van der Waals surface area contributed by atoms with E-state index in [1.165, 1.54) is 12.1 Å². The van der Waals surface area contributed by atoms with Gasteiger partial charge >= 0.3 is 6.61 Å². The van der Waals surface area contributed by atoms with Crippen LogP contribution in [0.5, 0.6) is 17.2 Å². The molecule has 0 N–H and O–H groups in total. The Balaban J connectivity index is 1.54. The van der Waals surface area contributed by atoms with Gasteiger partial charge in [0.15, 0.2) is 11.5 Å². The lowest BCUT2D eigenvalue weighted by Crippen LogP contribution is -2.30. The summed E-state index contributed by atoms with van der Waals surface area (Å²) in [6.45, 7) is 0.394. The van der Waals surface area contributed by atoms with E-state index in [2.05, 4.69) is 4.74 Å². The Morgan fingerprint density at radius 3 is 2.52 bits per heavy atom. The van der Waals surface area contributed by atoms with Crippen molar-refractivity contribution in [3.8, 4) is 17.2 Å². The third kappa shape index (κ3) is 5.09. The van der Waals surface area contributed by atoms with Gasteiger partial charge in [0.1, 0.15) is 5.75 Å². The molecule has 0 aromatic heterocycles. The molecule has 27 heavy (non-hydrogen) atoms. The lowest BCUT2D eigenvalue weighted by atomic mass is 10.1. The van der Waals surface area contributed by atoms with Gasteiger partial charge in [0.05, 0.1) is 0 Å². The number of carbonyl (C=O) groups excluding carboxylic acids is 1. The Kier molecular flexibility index (Phi) is 6.11. The topological polar surface area (TPSA) is 48.0 Å². The number of fused-ring (bicyclic) bond motifs is 1. The first-order valence-electron chi connectivity index (χ1n) is 8.75. The summed E-state index contributed by atoms with van der Waals surface area (Å²) in [5, 5.41) is 0. The van der Waals surface area contributed by atoms with Crippen LogP contribution in [0.15, 0.2) is 42.5 Å². The summed E-state index contributed by atoms with van der Waals surface area (Å²) in [5.74, 6) is 1.55. The molecule has 0 aliphatic carbocycles. The number of carbonyl (C=O) groups is 1. The highest BCUT2D eigenvalue weighted by Gasteiger charge is 2.16. The van der Waals surface area contributed by atoms with Crippen molar-refractivity contribution >= 4 is 5.91 Å². The molecular weight excluding hydrogens is 356 g/mol. The molecule has 1 aliphatic heterocycles. The second kappa shape index (κ2) is 8.70. The molecule has 0 saturated carbocycles. The fourth-order valence-electron chi connectivity index (χ4n) is 2.88. The third-order valence-electron chi connectivity index (χ3n) is 4.32. The first-order chi connectivity index (χ1) is 13.0. The third-order valence-corrected chi connectivity index (χ3v) is 4.32. The van der Waals surface area contributed by atoms with E-state index in [0.29, 0.717) is 37.4 Å². The molecule has 1 amide bonds. The molecule has 1 heterocycles. The molecule has 0 atom stereocenters. The zero-order valence-electron chi connectivity index (χ0n) is 15.0. The Labute approximate surface area is 156 Å². The van der Waals surface area contributed by atoms with Crippen molar-refractivity contribution in [3.05, 3.63) is 53.6 Å². The van der Waals surface area contributed by atoms with Gasteiger partial charge in [-0.25, -0.2) is 0 Å². The van der Waals surface area contributed by atoms with E-state index in [9.17, 15) is 13.6 Å². The van der Waals surface area contributed by atoms with Gasteiger partial charge in [-0.1, -0.05) is 18.2 Å². The number of halogens is 2. The molecule has 5 nitrogen and oxygen atoms in total. The number of nitrogens with zero attached hydrogens (tertiary/aromatic N) is 1. The van der Waals surface area contributed by atoms with Crippen molar-refractivity contribution in [1.29, 1.82) is 0 Å². The Hall–Kier alpha value is -2.83. The number of hydrogen-bond donors (Lipinski definition) is 0. The molecule has 2 aromatic carbocycles. The van der Waals surface area contributed by atoms with Crippen LogP contribution in [0.3, 0.4) is 0 Å². The summed E-state index contributed by atoms with van der Waals surface area (Å²) in [5.41, 5.74) is 1.87. The van der Waals surface area contributed by atoms with Crippen LogP contribution in [0.1, 0.15) is 24.5 Å². The molecule has 1 aliphatic rings. The standard InChI is InChI=1S/C20H21F2NO4/c1-2-23(12-15-5-9-17-18(11-15)26-13-25-17)19(24)10-6-14-3-7-16(8-4-14)27-20(21)22/h3-5,7-9,11,20H,2,6,10,12-13H2,1H3. The van der Waals surface area contributed by atoms with Crippen molar-refractivity contribution < 1.29 is 27.8 Å². The minimum atomic E-state index is -2.84. The van der Waals surface area contributed by atoms with E-state index in [1.54, 1.807) is 17.0 Å². The van der Waals surface area contributed by atoms with Crippen LogP contribution in [0.2, 0.25) is 0 Å². The highest BCUT2D eigenvalue weighted by molar-refractivity contribution is 5.76. The highest BCUT2D eigenvalue weighted by Crippen LogP contribution is 2.32. The first kappa shape index (κ1) is 18.9. The Morgan fingerprint density at radius 2 is 1.81 bits per heavy atom. The number of rotatable bonds is 8. The van der Waals surface area contributed by atoms with Crippen molar-refractivity contribution in [2.45, 2.75) is 32.9 Å². The van der Waals surface area contributed by atoms with Gasteiger partial charge in [0.2, 0.25) is 12.7 Å². The molecule has 144 valence electrons. The maximum absolute atomic E-state index is 12.5. The normalized spacial score (nSPS) is 12.3. The SMILES string of the molecule is CCN(Cc1ccc2c(c1)OCO2)C(=O)CCc1ccc(OC(F)F)cc1. The van der Waals surface area contributed by atoms with Gasteiger partial charge in [0.25, 0.3) is 0 Å². The Morgan fingerprint density at radius 1 is 1.11 bits per heavy atom. The largest absolute Gasteiger partial charge is 0.454 e. The van der Waals surface area contributed by atoms with Crippen molar-refractivity contribution in [2.75, 3.05) is 13.3 Å². The summed E-state index contributed by atoms with van der Waals surface area (Å²) in [7, 11) is 0. The molecule has 0 spiro atoms. The average molecular weight is 377 g/mol.